The Bertz CT molecular complexity index is 443. The molecule has 0 aromatic carbocycles. The lowest BCUT2D eigenvalue weighted by atomic mass is 10.1. The van der Waals surface area contributed by atoms with Crippen LogP contribution in [0.1, 0.15) is 20.3 Å². The number of aliphatic imine (C=N–C) groups is 1. The molecule has 6 heteroatoms. The van der Waals surface area contributed by atoms with Gasteiger partial charge >= 0.3 is 0 Å². The second kappa shape index (κ2) is 9.28. The summed E-state index contributed by atoms with van der Waals surface area (Å²) < 4.78 is 5.30. The van der Waals surface area contributed by atoms with Crippen molar-refractivity contribution in [2.75, 3.05) is 32.6 Å². The quantitative estimate of drug-likeness (QED) is 0.187. The van der Waals surface area contributed by atoms with Crippen LogP contribution in [0.15, 0.2) is 28.0 Å². The molecule has 21 heavy (non-hydrogen) atoms. The van der Waals surface area contributed by atoms with Crippen LogP contribution in [0.25, 0.3) is 0 Å². The van der Waals surface area contributed by atoms with E-state index in [0.717, 1.165) is 17.8 Å². The minimum atomic E-state index is 0.214. The summed E-state index contributed by atoms with van der Waals surface area (Å²) in [6, 6.07) is 0. The molecule has 1 rings (SSSR count). The third kappa shape index (κ3) is 5.16. The highest BCUT2D eigenvalue weighted by Crippen LogP contribution is 2.23. The maximum atomic E-state index is 11.4. The SMILES string of the molecule is C=C(/C(C=O)=C(/Cl)N=C(SC)C(C)CC)N1CCOCC1. The van der Waals surface area contributed by atoms with Crippen LogP contribution >= 0.6 is 23.4 Å². The molecule has 0 N–H and O–H groups in total. The molecule has 1 saturated heterocycles. The number of hydrogen-bond acceptors (Lipinski definition) is 5. The zero-order chi connectivity index (χ0) is 15.8. The molecular formula is C15H23ClN2O2S. The van der Waals surface area contributed by atoms with Gasteiger partial charge in [-0.3, -0.25) is 4.79 Å². The van der Waals surface area contributed by atoms with E-state index in [9.17, 15) is 4.79 Å². The van der Waals surface area contributed by atoms with E-state index in [1.54, 1.807) is 11.8 Å². The summed E-state index contributed by atoms with van der Waals surface area (Å²) in [7, 11) is 0. The Morgan fingerprint density at radius 2 is 2.14 bits per heavy atom. The van der Waals surface area contributed by atoms with E-state index in [4.69, 9.17) is 16.3 Å². The number of carbonyl (C=O) groups excluding carboxylic acids is 1. The second-order valence-electron chi connectivity index (χ2n) is 4.83. The van der Waals surface area contributed by atoms with Crippen LogP contribution in [0.3, 0.4) is 0 Å². The molecule has 1 aliphatic heterocycles. The van der Waals surface area contributed by atoms with Gasteiger partial charge in [0, 0.05) is 24.7 Å². The average Bonchev–Trinajstić information content (AvgIpc) is 2.53. The number of aldehydes is 1. The molecule has 118 valence electrons. The third-order valence-electron chi connectivity index (χ3n) is 3.50. The first-order valence-corrected chi connectivity index (χ1v) is 8.64. The molecule has 0 aromatic rings. The highest BCUT2D eigenvalue weighted by Gasteiger charge is 2.18. The molecular weight excluding hydrogens is 308 g/mol. The number of morpholine rings is 1. The number of ether oxygens (including phenoxy) is 1. The molecule has 0 bridgehead atoms. The molecule has 0 spiro atoms. The predicted octanol–water partition coefficient (Wildman–Crippen LogP) is 3.29. The lowest BCUT2D eigenvalue weighted by Gasteiger charge is -2.30. The average molecular weight is 331 g/mol. The zero-order valence-electron chi connectivity index (χ0n) is 12.9. The number of rotatable bonds is 6. The number of halogens is 1. The van der Waals surface area contributed by atoms with Crippen molar-refractivity contribution in [2.45, 2.75) is 20.3 Å². The first kappa shape index (κ1) is 18.3. The van der Waals surface area contributed by atoms with Gasteiger partial charge in [-0.15, -0.1) is 11.8 Å². The van der Waals surface area contributed by atoms with Gasteiger partial charge in [0.05, 0.1) is 23.8 Å². The van der Waals surface area contributed by atoms with E-state index in [2.05, 4.69) is 25.4 Å². The van der Waals surface area contributed by atoms with Crippen LogP contribution in [-0.4, -0.2) is 48.8 Å². The normalized spacial score (nSPS) is 19.0. The third-order valence-corrected chi connectivity index (χ3v) is 4.70. The summed E-state index contributed by atoms with van der Waals surface area (Å²) in [5, 5.41) is 1.14. The van der Waals surface area contributed by atoms with Crippen LogP contribution in [0, 0.1) is 5.92 Å². The van der Waals surface area contributed by atoms with Crippen LogP contribution < -0.4 is 0 Å². The fourth-order valence-corrected chi connectivity index (χ4v) is 2.97. The topological polar surface area (TPSA) is 41.9 Å². The number of nitrogens with zero attached hydrogens (tertiary/aromatic N) is 2. The maximum absolute atomic E-state index is 11.4. The van der Waals surface area contributed by atoms with Gasteiger partial charge in [-0.25, -0.2) is 4.99 Å². The first-order valence-electron chi connectivity index (χ1n) is 7.04. The fourth-order valence-electron chi connectivity index (χ4n) is 1.93. The van der Waals surface area contributed by atoms with Crippen LogP contribution in [0.5, 0.6) is 0 Å². The standard InChI is InChI=1S/C15H23ClN2O2S/c1-5-11(2)15(21-4)17-14(16)13(10-19)12(3)18-6-8-20-9-7-18/h10-11H,3,5-9H2,1-2,4H3/b14-13-,17-15?. The Morgan fingerprint density at radius 3 is 2.62 bits per heavy atom. The van der Waals surface area contributed by atoms with Gasteiger partial charge in [0.2, 0.25) is 0 Å². The fraction of sp³-hybridized carbons (Fsp3) is 0.600. The molecule has 1 aliphatic rings. The van der Waals surface area contributed by atoms with Gasteiger partial charge in [-0.05, 0) is 12.7 Å². The number of thioether (sulfide) groups is 1. The Kier molecular flexibility index (Phi) is 8.07. The molecule has 1 heterocycles. The molecule has 0 aliphatic carbocycles. The van der Waals surface area contributed by atoms with Crippen molar-refractivity contribution >= 4 is 34.7 Å². The number of carbonyl (C=O) groups is 1. The number of hydrogen-bond donors (Lipinski definition) is 0. The Morgan fingerprint density at radius 1 is 1.52 bits per heavy atom. The molecule has 4 nitrogen and oxygen atoms in total. The van der Waals surface area contributed by atoms with E-state index in [1.807, 2.05) is 11.2 Å². The molecule has 0 saturated carbocycles. The van der Waals surface area contributed by atoms with Crippen molar-refractivity contribution in [3.8, 4) is 0 Å². The minimum absolute atomic E-state index is 0.214. The Hall–Kier alpha value is -0.780. The van der Waals surface area contributed by atoms with E-state index in [1.165, 1.54) is 0 Å². The summed E-state index contributed by atoms with van der Waals surface area (Å²) in [5.74, 6) is 0.318. The van der Waals surface area contributed by atoms with Crippen molar-refractivity contribution < 1.29 is 9.53 Å². The second-order valence-corrected chi connectivity index (χ2v) is 6.02. The number of allylic oxidation sites excluding steroid dienone is 1. The lowest BCUT2D eigenvalue weighted by Crippen LogP contribution is -2.36. The van der Waals surface area contributed by atoms with Crippen molar-refractivity contribution in [1.82, 2.24) is 4.90 Å². The Balaban J connectivity index is 3.00. The van der Waals surface area contributed by atoms with Gasteiger partial charge in [0.1, 0.15) is 5.16 Å². The zero-order valence-corrected chi connectivity index (χ0v) is 14.5. The summed E-state index contributed by atoms with van der Waals surface area (Å²) in [4.78, 5) is 17.8. The molecule has 0 aromatic heterocycles. The van der Waals surface area contributed by atoms with Gasteiger partial charge in [0.15, 0.2) is 6.29 Å². The van der Waals surface area contributed by atoms with Crippen LogP contribution in [0.4, 0.5) is 0 Å². The monoisotopic (exact) mass is 330 g/mol. The molecule has 0 amide bonds. The van der Waals surface area contributed by atoms with Crippen molar-refractivity contribution in [2.24, 2.45) is 10.9 Å². The van der Waals surface area contributed by atoms with E-state index >= 15 is 0 Å². The summed E-state index contributed by atoms with van der Waals surface area (Å²) in [6.45, 7) is 10.9. The highest BCUT2D eigenvalue weighted by molar-refractivity contribution is 8.13. The lowest BCUT2D eigenvalue weighted by molar-refractivity contribution is -0.104. The van der Waals surface area contributed by atoms with Crippen molar-refractivity contribution in [3.05, 3.63) is 23.0 Å². The maximum Gasteiger partial charge on any atom is 0.155 e. The predicted molar refractivity (Wildman–Crippen MR) is 90.9 cm³/mol. The highest BCUT2D eigenvalue weighted by atomic mass is 35.5. The van der Waals surface area contributed by atoms with Gasteiger partial charge in [-0.2, -0.15) is 0 Å². The van der Waals surface area contributed by atoms with Gasteiger partial charge < -0.3 is 9.64 Å². The molecule has 1 atom stereocenters. The summed E-state index contributed by atoms with van der Waals surface area (Å²) in [6.07, 6.45) is 3.68. The molecule has 1 unspecified atom stereocenters. The smallest absolute Gasteiger partial charge is 0.155 e. The van der Waals surface area contributed by atoms with E-state index in [-0.39, 0.29) is 5.16 Å². The Labute approximate surface area is 136 Å². The summed E-state index contributed by atoms with van der Waals surface area (Å²) >= 11 is 7.82. The summed E-state index contributed by atoms with van der Waals surface area (Å²) in [5.41, 5.74) is 0.972. The molecule has 0 radical (unpaired) electrons. The van der Waals surface area contributed by atoms with E-state index in [0.29, 0.717) is 43.5 Å². The van der Waals surface area contributed by atoms with Crippen molar-refractivity contribution in [3.63, 3.8) is 0 Å². The van der Waals surface area contributed by atoms with Gasteiger partial charge in [-0.1, -0.05) is 32.0 Å². The largest absolute Gasteiger partial charge is 0.378 e. The van der Waals surface area contributed by atoms with Crippen LogP contribution in [-0.2, 0) is 9.53 Å². The minimum Gasteiger partial charge on any atom is -0.378 e. The van der Waals surface area contributed by atoms with E-state index < -0.39 is 0 Å². The first-order chi connectivity index (χ1) is 10.0. The molecule has 1 fully saturated rings. The van der Waals surface area contributed by atoms with Crippen LogP contribution in [0.2, 0.25) is 0 Å². The van der Waals surface area contributed by atoms with Gasteiger partial charge in [0.25, 0.3) is 0 Å². The van der Waals surface area contributed by atoms with Crippen molar-refractivity contribution in [1.29, 1.82) is 0 Å².